The van der Waals surface area contributed by atoms with Crippen molar-refractivity contribution >= 4 is 11.9 Å². The molecule has 16 heavy (non-hydrogen) atoms. The van der Waals surface area contributed by atoms with Crippen LogP contribution < -0.4 is 4.90 Å². The average Bonchev–Trinajstić information content (AvgIpc) is 2.78. The van der Waals surface area contributed by atoms with Crippen molar-refractivity contribution in [1.82, 2.24) is 0 Å². The first-order chi connectivity index (χ1) is 7.70. The number of furan rings is 1. The maximum Gasteiger partial charge on any atom is 0.371 e. The molecule has 0 bridgehead atoms. The molecule has 1 N–H and O–H groups in total. The van der Waals surface area contributed by atoms with Crippen molar-refractivity contribution in [3.8, 4) is 0 Å². The number of aromatic carboxylic acids is 1. The molecular weight excluding hydrogens is 206 g/mol. The lowest BCUT2D eigenvalue weighted by atomic mass is 9.96. The van der Waals surface area contributed by atoms with Crippen LogP contribution >= 0.6 is 0 Å². The van der Waals surface area contributed by atoms with Gasteiger partial charge in [-0.1, -0.05) is 13.3 Å². The Morgan fingerprint density at radius 1 is 1.62 bits per heavy atom. The van der Waals surface area contributed by atoms with Crippen LogP contribution in [0.15, 0.2) is 16.5 Å². The van der Waals surface area contributed by atoms with Crippen LogP contribution in [0.2, 0.25) is 0 Å². The fourth-order valence-electron chi connectivity index (χ4n) is 2.21. The zero-order valence-corrected chi connectivity index (χ0v) is 9.48. The third-order valence-corrected chi connectivity index (χ3v) is 3.21. The molecular formula is C12H17NO3. The Labute approximate surface area is 94.9 Å². The minimum Gasteiger partial charge on any atom is -0.475 e. The predicted octanol–water partition coefficient (Wildman–Crippen LogP) is 2.60. The molecule has 1 aromatic rings. The van der Waals surface area contributed by atoms with E-state index in [-0.39, 0.29) is 5.76 Å². The molecule has 88 valence electrons. The minimum absolute atomic E-state index is 0.0219. The van der Waals surface area contributed by atoms with Crippen molar-refractivity contribution in [2.45, 2.75) is 26.2 Å². The SMILES string of the molecule is CCC1CCCN(c2ccc(C(=O)O)o2)C1. The van der Waals surface area contributed by atoms with E-state index in [1.165, 1.54) is 18.9 Å². The zero-order chi connectivity index (χ0) is 11.5. The van der Waals surface area contributed by atoms with Crippen LogP contribution in [0, 0.1) is 5.92 Å². The Morgan fingerprint density at radius 2 is 2.44 bits per heavy atom. The van der Waals surface area contributed by atoms with Crippen molar-refractivity contribution in [3.63, 3.8) is 0 Å². The molecule has 1 saturated heterocycles. The summed E-state index contributed by atoms with van der Waals surface area (Å²) in [5.41, 5.74) is 0. The van der Waals surface area contributed by atoms with Gasteiger partial charge in [0.15, 0.2) is 5.88 Å². The summed E-state index contributed by atoms with van der Waals surface area (Å²) < 4.78 is 5.30. The van der Waals surface area contributed by atoms with Gasteiger partial charge >= 0.3 is 5.97 Å². The van der Waals surface area contributed by atoms with E-state index in [1.54, 1.807) is 6.07 Å². The molecule has 1 unspecified atom stereocenters. The first kappa shape index (κ1) is 11.0. The van der Waals surface area contributed by atoms with Crippen molar-refractivity contribution < 1.29 is 14.3 Å². The zero-order valence-electron chi connectivity index (χ0n) is 9.48. The van der Waals surface area contributed by atoms with E-state index in [1.807, 2.05) is 0 Å². The molecule has 2 heterocycles. The molecule has 0 saturated carbocycles. The largest absolute Gasteiger partial charge is 0.475 e. The molecule has 0 spiro atoms. The van der Waals surface area contributed by atoms with Crippen LogP contribution in [0.3, 0.4) is 0 Å². The molecule has 1 aliphatic rings. The fourth-order valence-corrected chi connectivity index (χ4v) is 2.21. The highest BCUT2D eigenvalue weighted by atomic mass is 16.4. The van der Waals surface area contributed by atoms with Gasteiger partial charge in [0.1, 0.15) is 0 Å². The van der Waals surface area contributed by atoms with Gasteiger partial charge in [-0.3, -0.25) is 0 Å². The van der Waals surface area contributed by atoms with Gasteiger partial charge in [-0.25, -0.2) is 4.79 Å². The molecule has 2 rings (SSSR count). The highest BCUT2D eigenvalue weighted by Gasteiger charge is 2.21. The number of rotatable bonds is 3. The quantitative estimate of drug-likeness (QED) is 0.855. The first-order valence-corrected chi connectivity index (χ1v) is 5.78. The van der Waals surface area contributed by atoms with Crippen molar-refractivity contribution in [1.29, 1.82) is 0 Å². The summed E-state index contributed by atoms with van der Waals surface area (Å²) in [7, 11) is 0. The number of carbonyl (C=O) groups is 1. The van der Waals surface area contributed by atoms with Crippen molar-refractivity contribution in [2.24, 2.45) is 5.92 Å². The second kappa shape index (κ2) is 4.60. The van der Waals surface area contributed by atoms with E-state index < -0.39 is 5.97 Å². The predicted molar refractivity (Wildman–Crippen MR) is 60.9 cm³/mol. The Hall–Kier alpha value is -1.45. The number of piperidine rings is 1. The van der Waals surface area contributed by atoms with Gasteiger partial charge in [0.05, 0.1) is 0 Å². The third-order valence-electron chi connectivity index (χ3n) is 3.21. The van der Waals surface area contributed by atoms with E-state index >= 15 is 0 Å². The van der Waals surface area contributed by atoms with Crippen molar-refractivity contribution in [3.05, 3.63) is 17.9 Å². The van der Waals surface area contributed by atoms with Gasteiger partial charge in [-0.2, -0.15) is 0 Å². The molecule has 0 radical (unpaired) electrons. The maximum absolute atomic E-state index is 10.7. The molecule has 0 aliphatic carbocycles. The first-order valence-electron chi connectivity index (χ1n) is 5.78. The Balaban J connectivity index is 2.08. The average molecular weight is 223 g/mol. The Kier molecular flexibility index (Phi) is 3.17. The molecule has 1 atom stereocenters. The second-order valence-corrected chi connectivity index (χ2v) is 4.31. The van der Waals surface area contributed by atoms with Gasteiger partial charge in [0.2, 0.25) is 5.76 Å². The second-order valence-electron chi connectivity index (χ2n) is 4.31. The third kappa shape index (κ3) is 2.21. The molecule has 4 nitrogen and oxygen atoms in total. The summed E-state index contributed by atoms with van der Waals surface area (Å²) in [5.74, 6) is 0.409. The standard InChI is InChI=1S/C12H17NO3/c1-2-9-4-3-7-13(8-9)11-6-5-10(16-11)12(14)15/h5-6,9H,2-4,7-8H2,1H3,(H,14,15). The molecule has 0 amide bonds. The summed E-state index contributed by atoms with van der Waals surface area (Å²) in [4.78, 5) is 12.8. The van der Waals surface area contributed by atoms with Crippen LogP contribution in [0.5, 0.6) is 0 Å². The molecule has 1 aromatic heterocycles. The topological polar surface area (TPSA) is 53.7 Å². The summed E-state index contributed by atoms with van der Waals surface area (Å²) in [5, 5.41) is 8.78. The van der Waals surface area contributed by atoms with Crippen molar-refractivity contribution in [2.75, 3.05) is 18.0 Å². The lowest BCUT2D eigenvalue weighted by Gasteiger charge is -2.31. The molecule has 1 aliphatic heterocycles. The van der Waals surface area contributed by atoms with E-state index in [4.69, 9.17) is 9.52 Å². The summed E-state index contributed by atoms with van der Waals surface area (Å²) in [6.07, 6.45) is 3.59. The number of hydrogen-bond acceptors (Lipinski definition) is 3. The van der Waals surface area contributed by atoms with Crippen LogP contribution in [-0.2, 0) is 0 Å². The van der Waals surface area contributed by atoms with Crippen LogP contribution in [0.1, 0.15) is 36.7 Å². The van der Waals surface area contributed by atoms with Gasteiger partial charge in [0, 0.05) is 19.2 Å². The van der Waals surface area contributed by atoms with Gasteiger partial charge in [-0.15, -0.1) is 0 Å². The molecule has 1 fully saturated rings. The Bertz CT molecular complexity index is 372. The highest BCUT2D eigenvalue weighted by Crippen LogP contribution is 2.26. The molecule has 0 aromatic carbocycles. The van der Waals surface area contributed by atoms with E-state index in [2.05, 4.69) is 11.8 Å². The summed E-state index contributed by atoms with van der Waals surface area (Å²) >= 11 is 0. The lowest BCUT2D eigenvalue weighted by Crippen LogP contribution is -2.34. The Morgan fingerprint density at radius 3 is 3.06 bits per heavy atom. The smallest absolute Gasteiger partial charge is 0.371 e. The normalized spacial score (nSPS) is 21.1. The number of hydrogen-bond donors (Lipinski definition) is 1. The molecule has 4 heteroatoms. The van der Waals surface area contributed by atoms with Gasteiger partial charge in [-0.05, 0) is 24.8 Å². The summed E-state index contributed by atoms with van der Waals surface area (Å²) in [6.45, 7) is 4.13. The number of nitrogens with zero attached hydrogens (tertiary/aromatic N) is 1. The van der Waals surface area contributed by atoms with Gasteiger partial charge in [0.25, 0.3) is 0 Å². The van der Waals surface area contributed by atoms with Crippen LogP contribution in [0.4, 0.5) is 5.88 Å². The van der Waals surface area contributed by atoms with Crippen LogP contribution in [-0.4, -0.2) is 24.2 Å². The van der Waals surface area contributed by atoms with Crippen LogP contribution in [0.25, 0.3) is 0 Å². The van der Waals surface area contributed by atoms with E-state index in [0.29, 0.717) is 11.8 Å². The van der Waals surface area contributed by atoms with E-state index in [0.717, 1.165) is 19.5 Å². The fraction of sp³-hybridized carbons (Fsp3) is 0.583. The monoisotopic (exact) mass is 223 g/mol. The highest BCUT2D eigenvalue weighted by molar-refractivity contribution is 5.84. The number of anilines is 1. The number of carboxylic acids is 1. The number of carboxylic acid groups (broad SMARTS) is 1. The van der Waals surface area contributed by atoms with Gasteiger partial charge < -0.3 is 14.4 Å². The lowest BCUT2D eigenvalue weighted by molar-refractivity contribution is 0.0663. The summed E-state index contributed by atoms with van der Waals surface area (Å²) in [6, 6.07) is 3.27. The minimum atomic E-state index is -1.00. The maximum atomic E-state index is 10.7. The van der Waals surface area contributed by atoms with E-state index in [9.17, 15) is 4.79 Å².